The second-order valence-corrected chi connectivity index (χ2v) is 5.17. The molecule has 0 spiro atoms. The van der Waals surface area contributed by atoms with Crippen molar-refractivity contribution in [1.82, 2.24) is 20.2 Å². The number of carbonyl (C=O) groups is 1. The molecule has 1 aliphatic rings. The first kappa shape index (κ1) is 13.1. The summed E-state index contributed by atoms with van der Waals surface area (Å²) in [5.74, 6) is 0.576. The lowest BCUT2D eigenvalue weighted by Crippen LogP contribution is -2.34. The van der Waals surface area contributed by atoms with Crippen molar-refractivity contribution in [2.24, 2.45) is 5.92 Å². The molecule has 5 heteroatoms. The van der Waals surface area contributed by atoms with E-state index in [1.165, 1.54) is 6.42 Å². The summed E-state index contributed by atoms with van der Waals surface area (Å²) in [6.07, 6.45) is 8.45. The smallest absolute Gasteiger partial charge is 0.221 e. The Labute approximate surface area is 108 Å². The highest BCUT2D eigenvalue weighted by Gasteiger charge is 2.17. The Morgan fingerprint density at radius 3 is 3.22 bits per heavy atom. The summed E-state index contributed by atoms with van der Waals surface area (Å²) in [5.41, 5.74) is 0. The van der Waals surface area contributed by atoms with E-state index in [9.17, 15) is 4.79 Å². The highest BCUT2D eigenvalue weighted by atomic mass is 16.1. The van der Waals surface area contributed by atoms with Gasteiger partial charge in [-0.25, -0.2) is 4.98 Å². The second-order valence-electron chi connectivity index (χ2n) is 5.17. The lowest BCUT2D eigenvalue weighted by Gasteiger charge is -2.15. The third-order valence-electron chi connectivity index (χ3n) is 3.32. The lowest BCUT2D eigenvalue weighted by molar-refractivity contribution is -0.121. The van der Waals surface area contributed by atoms with E-state index in [4.69, 9.17) is 0 Å². The lowest BCUT2D eigenvalue weighted by atomic mass is 10.1. The predicted molar refractivity (Wildman–Crippen MR) is 70.0 cm³/mol. The summed E-state index contributed by atoms with van der Waals surface area (Å²) in [5, 5.41) is 6.35. The Bertz CT molecular complexity index is 357. The maximum atomic E-state index is 11.7. The van der Waals surface area contributed by atoms with Crippen LogP contribution in [-0.2, 0) is 11.3 Å². The van der Waals surface area contributed by atoms with Crippen molar-refractivity contribution in [2.75, 3.05) is 13.1 Å². The average Bonchev–Trinajstić information content (AvgIpc) is 2.99. The van der Waals surface area contributed by atoms with Gasteiger partial charge in [-0.15, -0.1) is 0 Å². The largest absolute Gasteiger partial charge is 0.356 e. The molecule has 2 rings (SSSR count). The van der Waals surface area contributed by atoms with Crippen LogP contribution in [0, 0.1) is 5.92 Å². The topological polar surface area (TPSA) is 59.0 Å². The van der Waals surface area contributed by atoms with Gasteiger partial charge in [0.25, 0.3) is 0 Å². The molecule has 18 heavy (non-hydrogen) atoms. The quantitative estimate of drug-likeness (QED) is 0.784. The zero-order valence-corrected chi connectivity index (χ0v) is 10.9. The summed E-state index contributed by atoms with van der Waals surface area (Å²) in [4.78, 5) is 15.7. The van der Waals surface area contributed by atoms with Crippen LogP contribution in [0.15, 0.2) is 18.7 Å². The van der Waals surface area contributed by atoms with E-state index in [0.717, 1.165) is 26.1 Å². The Kier molecular flexibility index (Phi) is 4.75. The van der Waals surface area contributed by atoms with Gasteiger partial charge in [0.1, 0.15) is 0 Å². The SMILES string of the molecule is CC(CNC(=O)CC1CCCN1)Cn1ccnc1. The molecule has 0 aromatic carbocycles. The van der Waals surface area contributed by atoms with Crippen molar-refractivity contribution in [2.45, 2.75) is 38.8 Å². The number of nitrogens with one attached hydrogen (secondary N) is 2. The molecule has 0 radical (unpaired) electrons. The van der Waals surface area contributed by atoms with Crippen LogP contribution in [0.3, 0.4) is 0 Å². The van der Waals surface area contributed by atoms with Crippen molar-refractivity contribution in [3.8, 4) is 0 Å². The zero-order valence-electron chi connectivity index (χ0n) is 10.9. The van der Waals surface area contributed by atoms with E-state index in [0.29, 0.717) is 18.4 Å². The second kappa shape index (κ2) is 6.54. The molecule has 2 heterocycles. The van der Waals surface area contributed by atoms with Gasteiger partial charge in [0, 0.05) is 37.9 Å². The number of imidazole rings is 1. The molecule has 1 amide bonds. The Morgan fingerprint density at radius 1 is 1.67 bits per heavy atom. The molecular formula is C13H22N4O. The fourth-order valence-electron chi connectivity index (χ4n) is 2.33. The minimum atomic E-state index is 0.159. The minimum absolute atomic E-state index is 0.159. The minimum Gasteiger partial charge on any atom is -0.356 e. The summed E-state index contributed by atoms with van der Waals surface area (Å²) < 4.78 is 2.04. The van der Waals surface area contributed by atoms with Crippen molar-refractivity contribution in [1.29, 1.82) is 0 Å². The molecule has 1 aromatic heterocycles. The van der Waals surface area contributed by atoms with Crippen LogP contribution in [0.1, 0.15) is 26.2 Å². The molecule has 0 aliphatic carbocycles. The van der Waals surface area contributed by atoms with Crippen molar-refractivity contribution in [3.05, 3.63) is 18.7 Å². The van der Waals surface area contributed by atoms with E-state index < -0.39 is 0 Å². The molecule has 1 aromatic rings. The third-order valence-corrected chi connectivity index (χ3v) is 3.32. The number of aromatic nitrogens is 2. The van der Waals surface area contributed by atoms with E-state index in [1.807, 2.05) is 10.8 Å². The van der Waals surface area contributed by atoms with Crippen LogP contribution in [0.5, 0.6) is 0 Å². The third kappa shape index (κ3) is 4.14. The van der Waals surface area contributed by atoms with Gasteiger partial charge in [-0.2, -0.15) is 0 Å². The van der Waals surface area contributed by atoms with Gasteiger partial charge in [-0.05, 0) is 25.3 Å². The van der Waals surface area contributed by atoms with Gasteiger partial charge < -0.3 is 15.2 Å². The molecule has 100 valence electrons. The first-order valence-electron chi connectivity index (χ1n) is 6.70. The molecule has 0 bridgehead atoms. The zero-order chi connectivity index (χ0) is 12.8. The molecule has 0 saturated carbocycles. The summed E-state index contributed by atoms with van der Waals surface area (Å²) in [6, 6.07) is 0.383. The van der Waals surface area contributed by atoms with Crippen molar-refractivity contribution >= 4 is 5.91 Å². The van der Waals surface area contributed by atoms with Gasteiger partial charge in [0.2, 0.25) is 5.91 Å². The van der Waals surface area contributed by atoms with Crippen molar-refractivity contribution < 1.29 is 4.79 Å². The van der Waals surface area contributed by atoms with Crippen molar-refractivity contribution in [3.63, 3.8) is 0 Å². The molecule has 2 unspecified atom stereocenters. The fourth-order valence-corrected chi connectivity index (χ4v) is 2.33. The van der Waals surface area contributed by atoms with Crippen LogP contribution in [0.4, 0.5) is 0 Å². The van der Waals surface area contributed by atoms with Gasteiger partial charge in [0.15, 0.2) is 0 Å². The van der Waals surface area contributed by atoms with E-state index in [1.54, 1.807) is 12.5 Å². The first-order valence-corrected chi connectivity index (χ1v) is 6.70. The number of carbonyl (C=O) groups excluding carboxylic acids is 1. The molecule has 5 nitrogen and oxygen atoms in total. The number of hydrogen-bond acceptors (Lipinski definition) is 3. The maximum Gasteiger partial charge on any atom is 0.221 e. The molecule has 2 atom stereocenters. The number of hydrogen-bond donors (Lipinski definition) is 2. The van der Waals surface area contributed by atoms with E-state index in [-0.39, 0.29) is 5.91 Å². The molecular weight excluding hydrogens is 228 g/mol. The number of nitrogens with zero attached hydrogens (tertiary/aromatic N) is 2. The maximum absolute atomic E-state index is 11.7. The standard InChI is InChI=1S/C13H22N4O/c1-11(9-17-6-5-14-10-17)8-16-13(18)7-12-3-2-4-15-12/h5-6,10-12,15H,2-4,7-9H2,1H3,(H,16,18). The van der Waals surface area contributed by atoms with Gasteiger partial charge >= 0.3 is 0 Å². The van der Waals surface area contributed by atoms with Gasteiger partial charge in [-0.3, -0.25) is 4.79 Å². The van der Waals surface area contributed by atoms with Gasteiger partial charge in [0.05, 0.1) is 6.33 Å². The van der Waals surface area contributed by atoms with Crippen LogP contribution < -0.4 is 10.6 Å². The first-order chi connectivity index (χ1) is 8.74. The highest BCUT2D eigenvalue weighted by molar-refractivity contribution is 5.76. The fraction of sp³-hybridized carbons (Fsp3) is 0.692. The Balaban J connectivity index is 1.62. The summed E-state index contributed by atoms with van der Waals surface area (Å²) in [7, 11) is 0. The predicted octanol–water partition coefficient (Wildman–Crippen LogP) is 0.778. The van der Waals surface area contributed by atoms with Crippen LogP contribution in [-0.4, -0.2) is 34.6 Å². The Hall–Kier alpha value is -1.36. The summed E-state index contributed by atoms with van der Waals surface area (Å²) >= 11 is 0. The van der Waals surface area contributed by atoms with Crippen LogP contribution in [0.2, 0.25) is 0 Å². The number of amides is 1. The number of rotatable bonds is 6. The monoisotopic (exact) mass is 250 g/mol. The van der Waals surface area contributed by atoms with E-state index >= 15 is 0 Å². The van der Waals surface area contributed by atoms with Gasteiger partial charge in [-0.1, -0.05) is 6.92 Å². The Morgan fingerprint density at radius 2 is 2.56 bits per heavy atom. The summed E-state index contributed by atoms with van der Waals surface area (Å²) in [6.45, 7) is 4.80. The van der Waals surface area contributed by atoms with Crippen LogP contribution >= 0.6 is 0 Å². The highest BCUT2D eigenvalue weighted by Crippen LogP contribution is 2.08. The molecule has 1 aliphatic heterocycles. The molecule has 1 saturated heterocycles. The van der Waals surface area contributed by atoms with E-state index in [2.05, 4.69) is 22.5 Å². The molecule has 1 fully saturated rings. The average molecular weight is 250 g/mol. The molecule has 2 N–H and O–H groups in total. The normalized spacial score (nSPS) is 20.8. The van der Waals surface area contributed by atoms with Crippen LogP contribution in [0.25, 0.3) is 0 Å².